The molecule has 0 radical (unpaired) electrons. The molecule has 1 aromatic rings. The minimum absolute atomic E-state index is 0.129. The van der Waals surface area contributed by atoms with Gasteiger partial charge >= 0.3 is 0 Å². The lowest BCUT2D eigenvalue weighted by molar-refractivity contribution is -0.131. The van der Waals surface area contributed by atoms with Gasteiger partial charge in [-0.25, -0.2) is 0 Å². The summed E-state index contributed by atoms with van der Waals surface area (Å²) in [6.07, 6.45) is 1.55. The smallest absolute Gasteiger partial charge is 0.0959 e. The number of ether oxygens (including phenoxy) is 2. The highest BCUT2D eigenvalue weighted by molar-refractivity contribution is 9.09. The molecule has 2 rings (SSSR count). The molecule has 2 nitrogen and oxygen atoms in total. The van der Waals surface area contributed by atoms with E-state index in [1.165, 1.54) is 5.56 Å². The zero-order valence-electron chi connectivity index (χ0n) is 9.60. The molecule has 0 aromatic heterocycles. The van der Waals surface area contributed by atoms with Crippen molar-refractivity contribution in [1.29, 1.82) is 0 Å². The molecule has 0 aliphatic heterocycles. The van der Waals surface area contributed by atoms with Crippen LogP contribution in [0.25, 0.3) is 0 Å². The average molecular weight is 285 g/mol. The first-order valence-electron chi connectivity index (χ1n) is 5.59. The molecule has 1 aliphatic carbocycles. The SMILES string of the molecule is COC1C(Br)CC1OC(C)c1ccccc1. The molecule has 0 bridgehead atoms. The quantitative estimate of drug-likeness (QED) is 0.790. The normalized spacial score (nSPS) is 30.8. The predicted octanol–water partition coefficient (Wildman–Crippen LogP) is 3.32. The molecular weight excluding hydrogens is 268 g/mol. The van der Waals surface area contributed by atoms with Gasteiger partial charge in [0, 0.05) is 11.9 Å². The number of halogens is 1. The van der Waals surface area contributed by atoms with Gasteiger partial charge in [0.15, 0.2) is 0 Å². The van der Waals surface area contributed by atoms with Crippen molar-refractivity contribution >= 4 is 15.9 Å². The Morgan fingerprint density at radius 2 is 2.00 bits per heavy atom. The van der Waals surface area contributed by atoms with Crippen LogP contribution in [-0.4, -0.2) is 24.1 Å². The summed E-state index contributed by atoms with van der Waals surface area (Å²) in [6.45, 7) is 2.09. The van der Waals surface area contributed by atoms with E-state index < -0.39 is 0 Å². The summed E-state index contributed by atoms with van der Waals surface area (Å²) in [4.78, 5) is 0.436. The summed E-state index contributed by atoms with van der Waals surface area (Å²) in [5.74, 6) is 0. The fourth-order valence-electron chi connectivity index (χ4n) is 2.02. The molecule has 0 spiro atoms. The van der Waals surface area contributed by atoms with Crippen LogP contribution in [0, 0.1) is 0 Å². The van der Waals surface area contributed by atoms with Gasteiger partial charge in [-0.1, -0.05) is 46.3 Å². The van der Waals surface area contributed by atoms with E-state index in [1.807, 2.05) is 18.2 Å². The van der Waals surface area contributed by atoms with Crippen molar-refractivity contribution in [1.82, 2.24) is 0 Å². The summed E-state index contributed by atoms with van der Waals surface area (Å²) in [5.41, 5.74) is 1.22. The molecule has 0 saturated heterocycles. The number of benzene rings is 1. The van der Waals surface area contributed by atoms with Gasteiger partial charge in [0.05, 0.1) is 18.3 Å². The second-order valence-corrected chi connectivity index (χ2v) is 5.36. The second-order valence-electron chi connectivity index (χ2n) is 4.18. The van der Waals surface area contributed by atoms with Crippen molar-refractivity contribution in [3.63, 3.8) is 0 Å². The van der Waals surface area contributed by atoms with Crippen molar-refractivity contribution in [2.75, 3.05) is 7.11 Å². The summed E-state index contributed by atoms with van der Waals surface area (Å²) in [5, 5.41) is 0. The van der Waals surface area contributed by atoms with E-state index in [0.29, 0.717) is 4.83 Å². The Bertz CT molecular complexity index is 328. The topological polar surface area (TPSA) is 18.5 Å². The Morgan fingerprint density at radius 1 is 1.31 bits per heavy atom. The molecule has 3 heteroatoms. The van der Waals surface area contributed by atoms with Crippen LogP contribution in [0.15, 0.2) is 30.3 Å². The van der Waals surface area contributed by atoms with Gasteiger partial charge < -0.3 is 9.47 Å². The van der Waals surface area contributed by atoms with Crippen molar-refractivity contribution in [2.45, 2.75) is 36.5 Å². The Balaban J connectivity index is 1.91. The first kappa shape index (κ1) is 12.1. The van der Waals surface area contributed by atoms with Crippen LogP contribution in [0.5, 0.6) is 0 Å². The molecular formula is C13H17BrO2. The van der Waals surface area contributed by atoms with Crippen LogP contribution >= 0.6 is 15.9 Å². The molecule has 1 saturated carbocycles. The Hall–Kier alpha value is -0.380. The lowest BCUT2D eigenvalue weighted by atomic mass is 9.91. The monoisotopic (exact) mass is 284 g/mol. The molecule has 1 aromatic carbocycles. The van der Waals surface area contributed by atoms with Gasteiger partial charge in [-0.2, -0.15) is 0 Å². The van der Waals surface area contributed by atoms with Gasteiger partial charge in [0.1, 0.15) is 0 Å². The lowest BCUT2D eigenvalue weighted by Gasteiger charge is -2.41. The van der Waals surface area contributed by atoms with Crippen LogP contribution in [0.4, 0.5) is 0 Å². The number of rotatable bonds is 4. The average Bonchev–Trinajstić information content (AvgIpc) is 2.30. The fraction of sp³-hybridized carbons (Fsp3) is 0.538. The first-order chi connectivity index (χ1) is 7.72. The van der Waals surface area contributed by atoms with Crippen molar-refractivity contribution in [3.8, 4) is 0 Å². The second kappa shape index (κ2) is 5.30. The Labute approximate surface area is 105 Å². The Morgan fingerprint density at radius 3 is 2.56 bits per heavy atom. The third-order valence-corrected chi connectivity index (χ3v) is 4.00. The maximum atomic E-state index is 5.99. The zero-order valence-corrected chi connectivity index (χ0v) is 11.2. The van der Waals surface area contributed by atoms with E-state index in [2.05, 4.69) is 35.0 Å². The number of alkyl halides is 1. The van der Waals surface area contributed by atoms with Gasteiger partial charge in [-0.05, 0) is 18.9 Å². The van der Waals surface area contributed by atoms with Crippen LogP contribution in [0.1, 0.15) is 25.0 Å². The Kier molecular flexibility index (Phi) is 4.00. The van der Waals surface area contributed by atoms with Crippen molar-refractivity contribution < 1.29 is 9.47 Å². The minimum atomic E-state index is 0.129. The van der Waals surface area contributed by atoms with E-state index in [0.717, 1.165) is 6.42 Å². The van der Waals surface area contributed by atoms with Gasteiger partial charge in [-0.3, -0.25) is 0 Å². The van der Waals surface area contributed by atoms with Gasteiger partial charge in [0.2, 0.25) is 0 Å². The van der Waals surface area contributed by atoms with E-state index in [-0.39, 0.29) is 18.3 Å². The summed E-state index contributed by atoms with van der Waals surface area (Å²) in [6, 6.07) is 10.3. The number of methoxy groups -OCH3 is 1. The van der Waals surface area contributed by atoms with E-state index in [9.17, 15) is 0 Å². The molecule has 88 valence electrons. The number of hydrogen-bond donors (Lipinski definition) is 0. The highest BCUT2D eigenvalue weighted by Crippen LogP contribution is 2.35. The highest BCUT2D eigenvalue weighted by Gasteiger charge is 2.41. The standard InChI is InChI=1S/C13H17BrO2/c1-9(10-6-4-3-5-7-10)16-12-8-11(14)13(12)15-2/h3-7,9,11-13H,8H2,1-2H3. The molecule has 16 heavy (non-hydrogen) atoms. The third kappa shape index (κ3) is 2.47. The summed E-state index contributed by atoms with van der Waals surface area (Å²) in [7, 11) is 1.74. The molecule has 0 amide bonds. The van der Waals surface area contributed by atoms with Crippen LogP contribution in [0.3, 0.4) is 0 Å². The maximum Gasteiger partial charge on any atom is 0.0959 e. The maximum absolute atomic E-state index is 5.99. The minimum Gasteiger partial charge on any atom is -0.378 e. The summed E-state index contributed by atoms with van der Waals surface area (Å²) < 4.78 is 11.4. The van der Waals surface area contributed by atoms with E-state index in [4.69, 9.17) is 9.47 Å². The molecule has 0 N–H and O–H groups in total. The molecule has 4 atom stereocenters. The van der Waals surface area contributed by atoms with Crippen LogP contribution in [0.2, 0.25) is 0 Å². The third-order valence-electron chi connectivity index (χ3n) is 3.10. The fourth-order valence-corrected chi connectivity index (χ4v) is 2.95. The van der Waals surface area contributed by atoms with Crippen molar-refractivity contribution in [2.24, 2.45) is 0 Å². The zero-order chi connectivity index (χ0) is 11.5. The number of hydrogen-bond acceptors (Lipinski definition) is 2. The largest absolute Gasteiger partial charge is 0.378 e. The van der Waals surface area contributed by atoms with Crippen molar-refractivity contribution in [3.05, 3.63) is 35.9 Å². The molecule has 1 fully saturated rings. The summed E-state index contributed by atoms with van der Waals surface area (Å²) >= 11 is 3.57. The van der Waals surface area contributed by atoms with E-state index in [1.54, 1.807) is 7.11 Å². The van der Waals surface area contributed by atoms with Crippen LogP contribution in [-0.2, 0) is 9.47 Å². The van der Waals surface area contributed by atoms with E-state index >= 15 is 0 Å². The predicted molar refractivity (Wildman–Crippen MR) is 67.9 cm³/mol. The van der Waals surface area contributed by atoms with Gasteiger partial charge in [-0.15, -0.1) is 0 Å². The molecule has 1 aliphatic rings. The highest BCUT2D eigenvalue weighted by atomic mass is 79.9. The van der Waals surface area contributed by atoms with Crippen LogP contribution < -0.4 is 0 Å². The lowest BCUT2D eigenvalue weighted by Crippen LogP contribution is -2.50. The van der Waals surface area contributed by atoms with Gasteiger partial charge in [0.25, 0.3) is 0 Å². The molecule has 0 heterocycles. The molecule has 4 unspecified atom stereocenters. The first-order valence-corrected chi connectivity index (χ1v) is 6.51.